The zero-order valence-electron chi connectivity index (χ0n) is 11.8. The van der Waals surface area contributed by atoms with Crippen LogP contribution in [0.2, 0.25) is 0 Å². The third-order valence-corrected chi connectivity index (χ3v) is 3.79. The number of para-hydroxylation sites is 1. The van der Waals surface area contributed by atoms with Crippen molar-refractivity contribution in [1.82, 2.24) is 5.32 Å². The van der Waals surface area contributed by atoms with Gasteiger partial charge in [0.25, 0.3) is 0 Å². The summed E-state index contributed by atoms with van der Waals surface area (Å²) in [6.07, 6.45) is 3.37. The molecule has 2 rings (SSSR count). The van der Waals surface area contributed by atoms with Crippen LogP contribution >= 0.6 is 0 Å². The summed E-state index contributed by atoms with van der Waals surface area (Å²) in [4.78, 5) is 0. The van der Waals surface area contributed by atoms with Crippen LogP contribution < -0.4 is 10.1 Å². The van der Waals surface area contributed by atoms with Crippen molar-refractivity contribution >= 4 is 0 Å². The van der Waals surface area contributed by atoms with Crippen LogP contribution in [0.5, 0.6) is 5.75 Å². The number of hydrogen-bond donors (Lipinski definition) is 1. The molecule has 1 unspecified atom stereocenters. The number of benzene rings is 1. The Labute approximate surface area is 111 Å². The number of nitrogens with one attached hydrogen (secondary N) is 1. The molecule has 1 aromatic carbocycles. The molecule has 0 fully saturated rings. The molecule has 1 aliphatic heterocycles. The van der Waals surface area contributed by atoms with Gasteiger partial charge in [0.1, 0.15) is 5.75 Å². The Bertz CT molecular complexity index is 387. The first-order valence-corrected chi connectivity index (χ1v) is 7.19. The van der Waals surface area contributed by atoms with Gasteiger partial charge in [0.05, 0.1) is 6.61 Å². The smallest absolute Gasteiger partial charge is 0.125 e. The van der Waals surface area contributed by atoms with Gasteiger partial charge in [0.15, 0.2) is 0 Å². The van der Waals surface area contributed by atoms with E-state index in [1.54, 1.807) is 0 Å². The third kappa shape index (κ3) is 3.05. The zero-order chi connectivity index (χ0) is 13.0. The van der Waals surface area contributed by atoms with E-state index in [9.17, 15) is 0 Å². The Balaban J connectivity index is 1.99. The van der Waals surface area contributed by atoms with E-state index < -0.39 is 0 Å². The van der Waals surface area contributed by atoms with Crippen LogP contribution in [0.1, 0.15) is 38.3 Å². The van der Waals surface area contributed by atoms with Crippen molar-refractivity contribution in [3.05, 3.63) is 29.3 Å². The lowest BCUT2D eigenvalue weighted by molar-refractivity contribution is 0.348. The second-order valence-corrected chi connectivity index (χ2v) is 5.45. The van der Waals surface area contributed by atoms with Crippen molar-refractivity contribution in [2.45, 2.75) is 46.1 Å². The van der Waals surface area contributed by atoms with Crippen molar-refractivity contribution in [3.63, 3.8) is 0 Å². The van der Waals surface area contributed by atoms with E-state index in [4.69, 9.17) is 4.74 Å². The highest BCUT2D eigenvalue weighted by Gasteiger charge is 2.17. The van der Waals surface area contributed by atoms with E-state index in [1.807, 2.05) is 0 Å². The summed E-state index contributed by atoms with van der Waals surface area (Å²) in [5.41, 5.74) is 2.77. The molecule has 2 nitrogen and oxygen atoms in total. The molecular formula is C16H25NO. The average molecular weight is 247 g/mol. The molecule has 100 valence electrons. The lowest BCUT2D eigenvalue weighted by atomic mass is 9.95. The molecular weight excluding hydrogens is 222 g/mol. The summed E-state index contributed by atoms with van der Waals surface area (Å²) in [7, 11) is 0. The maximum absolute atomic E-state index is 5.76. The molecule has 1 aliphatic rings. The van der Waals surface area contributed by atoms with E-state index in [2.05, 4.69) is 44.3 Å². The predicted octanol–water partition coefficient (Wildman–Crippen LogP) is 3.19. The first-order valence-electron chi connectivity index (χ1n) is 7.19. The molecule has 0 saturated carbocycles. The third-order valence-electron chi connectivity index (χ3n) is 3.79. The standard InChI is InChI=1S/C16H25NO/c1-4-17-15(12(2)3)9-8-13-6-5-7-14-10-11-18-16(13)14/h5-7,12,15,17H,4,8-11H2,1-3H3. The van der Waals surface area contributed by atoms with Crippen molar-refractivity contribution in [2.24, 2.45) is 5.92 Å². The van der Waals surface area contributed by atoms with E-state index in [1.165, 1.54) is 17.5 Å². The van der Waals surface area contributed by atoms with Gasteiger partial charge in [0.2, 0.25) is 0 Å². The van der Waals surface area contributed by atoms with Crippen molar-refractivity contribution in [3.8, 4) is 5.75 Å². The van der Waals surface area contributed by atoms with E-state index in [-0.39, 0.29) is 0 Å². The highest BCUT2D eigenvalue weighted by atomic mass is 16.5. The normalized spacial score (nSPS) is 15.6. The van der Waals surface area contributed by atoms with Crippen molar-refractivity contribution in [2.75, 3.05) is 13.2 Å². The summed E-state index contributed by atoms with van der Waals surface area (Å²) in [5, 5.41) is 3.58. The topological polar surface area (TPSA) is 21.3 Å². The van der Waals surface area contributed by atoms with Gasteiger partial charge >= 0.3 is 0 Å². The number of fused-ring (bicyclic) bond motifs is 1. The number of ether oxygens (including phenoxy) is 1. The summed E-state index contributed by atoms with van der Waals surface area (Å²) in [5.74, 6) is 1.85. The maximum atomic E-state index is 5.76. The highest BCUT2D eigenvalue weighted by Crippen LogP contribution is 2.30. The number of aryl methyl sites for hydroxylation is 1. The molecule has 0 aliphatic carbocycles. The fourth-order valence-corrected chi connectivity index (χ4v) is 2.72. The first kappa shape index (κ1) is 13.4. The van der Waals surface area contributed by atoms with Crippen LogP contribution in [-0.2, 0) is 12.8 Å². The molecule has 1 atom stereocenters. The minimum Gasteiger partial charge on any atom is -0.493 e. The van der Waals surface area contributed by atoms with E-state index in [0.717, 1.165) is 31.7 Å². The molecule has 0 spiro atoms. The molecule has 1 aromatic rings. The minimum atomic E-state index is 0.604. The maximum Gasteiger partial charge on any atom is 0.125 e. The average Bonchev–Trinajstić information content (AvgIpc) is 2.82. The Morgan fingerprint density at radius 1 is 1.33 bits per heavy atom. The predicted molar refractivity (Wildman–Crippen MR) is 76.3 cm³/mol. The summed E-state index contributed by atoms with van der Waals surface area (Å²) in [6, 6.07) is 7.18. The first-order chi connectivity index (χ1) is 8.72. The lowest BCUT2D eigenvalue weighted by Gasteiger charge is -2.22. The fraction of sp³-hybridized carbons (Fsp3) is 0.625. The van der Waals surface area contributed by atoms with Gasteiger partial charge in [-0.05, 0) is 36.4 Å². The molecule has 0 radical (unpaired) electrons. The van der Waals surface area contributed by atoms with Gasteiger partial charge in [-0.3, -0.25) is 0 Å². The van der Waals surface area contributed by atoms with Crippen LogP contribution in [-0.4, -0.2) is 19.2 Å². The van der Waals surface area contributed by atoms with Gasteiger partial charge < -0.3 is 10.1 Å². The number of rotatable bonds is 6. The molecule has 0 bridgehead atoms. The van der Waals surface area contributed by atoms with Crippen LogP contribution in [0.3, 0.4) is 0 Å². The Hall–Kier alpha value is -1.02. The van der Waals surface area contributed by atoms with Crippen LogP contribution in [0.4, 0.5) is 0 Å². The molecule has 2 heteroatoms. The molecule has 0 aromatic heterocycles. The summed E-state index contributed by atoms with van der Waals surface area (Å²) in [6.45, 7) is 8.66. The van der Waals surface area contributed by atoms with Crippen molar-refractivity contribution in [1.29, 1.82) is 0 Å². The lowest BCUT2D eigenvalue weighted by Crippen LogP contribution is -2.34. The molecule has 18 heavy (non-hydrogen) atoms. The van der Waals surface area contributed by atoms with Crippen LogP contribution in [0.15, 0.2) is 18.2 Å². The largest absolute Gasteiger partial charge is 0.493 e. The van der Waals surface area contributed by atoms with Gasteiger partial charge in [-0.15, -0.1) is 0 Å². The van der Waals surface area contributed by atoms with E-state index in [0.29, 0.717) is 12.0 Å². The Morgan fingerprint density at radius 2 is 2.17 bits per heavy atom. The quantitative estimate of drug-likeness (QED) is 0.833. The van der Waals surface area contributed by atoms with E-state index >= 15 is 0 Å². The molecule has 0 amide bonds. The molecule has 1 N–H and O–H groups in total. The second-order valence-electron chi connectivity index (χ2n) is 5.45. The SMILES string of the molecule is CCNC(CCc1cccc2c1OCC2)C(C)C. The summed E-state index contributed by atoms with van der Waals surface area (Å²) >= 11 is 0. The van der Waals surface area contributed by atoms with Gasteiger partial charge in [0, 0.05) is 12.5 Å². The van der Waals surface area contributed by atoms with Crippen LogP contribution in [0, 0.1) is 5.92 Å². The zero-order valence-corrected chi connectivity index (χ0v) is 11.8. The van der Waals surface area contributed by atoms with Gasteiger partial charge in [-0.1, -0.05) is 39.0 Å². The van der Waals surface area contributed by atoms with Gasteiger partial charge in [-0.25, -0.2) is 0 Å². The molecule has 1 heterocycles. The minimum absolute atomic E-state index is 0.604. The van der Waals surface area contributed by atoms with Crippen LogP contribution in [0.25, 0.3) is 0 Å². The second kappa shape index (κ2) is 6.24. The molecule has 0 saturated heterocycles. The highest BCUT2D eigenvalue weighted by molar-refractivity contribution is 5.44. The summed E-state index contributed by atoms with van der Waals surface area (Å²) < 4.78 is 5.76. The Morgan fingerprint density at radius 3 is 2.89 bits per heavy atom. The monoisotopic (exact) mass is 247 g/mol. The Kier molecular flexibility index (Phi) is 4.65. The fourth-order valence-electron chi connectivity index (χ4n) is 2.72. The van der Waals surface area contributed by atoms with Crippen molar-refractivity contribution < 1.29 is 4.74 Å². The van der Waals surface area contributed by atoms with Gasteiger partial charge in [-0.2, -0.15) is 0 Å². The number of hydrogen-bond acceptors (Lipinski definition) is 2.